The number of nitrogens with one attached hydrogen (secondary N) is 1. The highest BCUT2D eigenvalue weighted by atomic mass is 79.9. The first-order valence-electron chi connectivity index (χ1n) is 6.47. The third-order valence-electron chi connectivity index (χ3n) is 2.95. The van der Waals surface area contributed by atoms with Gasteiger partial charge in [-0.1, -0.05) is 48.8 Å². The SMILES string of the molecule is CC(C)(C)[C@H](NC(=O)CCc1cccc(Br)c1)C(=O)O. The van der Waals surface area contributed by atoms with Crippen molar-refractivity contribution in [2.45, 2.75) is 39.7 Å². The molecule has 0 saturated heterocycles. The Morgan fingerprint density at radius 3 is 2.50 bits per heavy atom. The molecule has 2 N–H and O–H groups in total. The van der Waals surface area contributed by atoms with E-state index >= 15 is 0 Å². The van der Waals surface area contributed by atoms with E-state index in [1.807, 2.05) is 24.3 Å². The molecular formula is C15H20BrNO3. The number of carboxylic acids is 1. The minimum Gasteiger partial charge on any atom is -0.480 e. The third-order valence-corrected chi connectivity index (χ3v) is 3.44. The summed E-state index contributed by atoms with van der Waals surface area (Å²) in [5.74, 6) is -1.25. The van der Waals surface area contributed by atoms with Crippen LogP contribution in [-0.4, -0.2) is 23.0 Å². The number of hydrogen-bond acceptors (Lipinski definition) is 2. The van der Waals surface area contributed by atoms with Crippen molar-refractivity contribution in [2.24, 2.45) is 5.41 Å². The fourth-order valence-electron chi connectivity index (χ4n) is 1.83. The van der Waals surface area contributed by atoms with E-state index in [0.717, 1.165) is 10.0 Å². The summed E-state index contributed by atoms with van der Waals surface area (Å²) >= 11 is 3.38. The van der Waals surface area contributed by atoms with Crippen LogP contribution in [0.25, 0.3) is 0 Å². The third kappa shape index (κ3) is 5.33. The number of benzene rings is 1. The van der Waals surface area contributed by atoms with Crippen molar-refractivity contribution in [3.8, 4) is 0 Å². The Balaban J connectivity index is 2.57. The second-order valence-electron chi connectivity index (χ2n) is 5.83. The van der Waals surface area contributed by atoms with Gasteiger partial charge in [0.15, 0.2) is 0 Å². The van der Waals surface area contributed by atoms with E-state index in [0.29, 0.717) is 6.42 Å². The van der Waals surface area contributed by atoms with Gasteiger partial charge in [0.05, 0.1) is 0 Å². The maximum Gasteiger partial charge on any atom is 0.326 e. The van der Waals surface area contributed by atoms with Crippen LogP contribution in [0.5, 0.6) is 0 Å². The number of carboxylic acid groups (broad SMARTS) is 1. The quantitative estimate of drug-likeness (QED) is 0.865. The fourth-order valence-corrected chi connectivity index (χ4v) is 2.28. The number of halogens is 1. The molecule has 1 aromatic rings. The van der Waals surface area contributed by atoms with Gasteiger partial charge in [-0.3, -0.25) is 4.79 Å². The number of aryl methyl sites for hydroxylation is 1. The predicted octanol–water partition coefficient (Wildman–Crippen LogP) is 3.00. The van der Waals surface area contributed by atoms with Crippen LogP contribution >= 0.6 is 15.9 Å². The molecule has 0 radical (unpaired) electrons. The highest BCUT2D eigenvalue weighted by Gasteiger charge is 2.32. The molecule has 0 aliphatic carbocycles. The molecule has 0 aliphatic heterocycles. The van der Waals surface area contributed by atoms with Crippen LogP contribution in [0, 0.1) is 5.41 Å². The number of amides is 1. The number of carbonyl (C=O) groups excluding carboxylic acids is 1. The van der Waals surface area contributed by atoms with E-state index in [4.69, 9.17) is 5.11 Å². The van der Waals surface area contributed by atoms with Crippen LogP contribution in [0.2, 0.25) is 0 Å². The molecule has 1 rings (SSSR count). The zero-order valence-corrected chi connectivity index (χ0v) is 13.5. The lowest BCUT2D eigenvalue weighted by atomic mass is 9.86. The van der Waals surface area contributed by atoms with Crippen LogP contribution in [0.15, 0.2) is 28.7 Å². The number of aliphatic carboxylic acids is 1. The van der Waals surface area contributed by atoms with Gasteiger partial charge in [-0.15, -0.1) is 0 Å². The van der Waals surface area contributed by atoms with E-state index in [2.05, 4.69) is 21.2 Å². The molecule has 0 saturated carbocycles. The van der Waals surface area contributed by atoms with Crippen molar-refractivity contribution in [3.05, 3.63) is 34.3 Å². The average Bonchev–Trinajstić information content (AvgIpc) is 2.31. The van der Waals surface area contributed by atoms with Gasteiger partial charge in [-0.25, -0.2) is 4.79 Å². The maximum absolute atomic E-state index is 11.9. The maximum atomic E-state index is 11.9. The first-order valence-corrected chi connectivity index (χ1v) is 7.26. The van der Waals surface area contributed by atoms with E-state index < -0.39 is 17.4 Å². The van der Waals surface area contributed by atoms with Gasteiger partial charge >= 0.3 is 5.97 Å². The lowest BCUT2D eigenvalue weighted by Gasteiger charge is -2.27. The Hall–Kier alpha value is -1.36. The molecule has 0 bridgehead atoms. The second kappa shape index (κ2) is 6.88. The van der Waals surface area contributed by atoms with Crippen molar-refractivity contribution in [1.82, 2.24) is 5.32 Å². The van der Waals surface area contributed by atoms with Gasteiger partial charge in [-0.05, 0) is 29.5 Å². The molecule has 110 valence electrons. The summed E-state index contributed by atoms with van der Waals surface area (Å²) in [5, 5.41) is 11.7. The largest absolute Gasteiger partial charge is 0.480 e. The summed E-state index contributed by atoms with van der Waals surface area (Å²) in [7, 11) is 0. The number of hydrogen-bond donors (Lipinski definition) is 2. The lowest BCUT2D eigenvalue weighted by Crippen LogP contribution is -2.49. The Labute approximate surface area is 127 Å². The molecule has 0 aromatic heterocycles. The number of carbonyl (C=O) groups is 2. The van der Waals surface area contributed by atoms with Crippen LogP contribution in [0.3, 0.4) is 0 Å². The Morgan fingerprint density at radius 2 is 2.00 bits per heavy atom. The second-order valence-corrected chi connectivity index (χ2v) is 6.75. The summed E-state index contributed by atoms with van der Waals surface area (Å²) in [4.78, 5) is 23.1. The van der Waals surface area contributed by atoms with Crippen molar-refractivity contribution < 1.29 is 14.7 Å². The minimum atomic E-state index is -1.01. The van der Waals surface area contributed by atoms with Gasteiger partial charge < -0.3 is 10.4 Å². The minimum absolute atomic E-state index is 0.243. The topological polar surface area (TPSA) is 66.4 Å². The van der Waals surface area contributed by atoms with Gasteiger partial charge in [0, 0.05) is 10.9 Å². The van der Waals surface area contributed by atoms with Crippen molar-refractivity contribution in [1.29, 1.82) is 0 Å². The molecule has 5 heteroatoms. The molecule has 4 nitrogen and oxygen atoms in total. The Bertz CT molecular complexity index is 494. The highest BCUT2D eigenvalue weighted by molar-refractivity contribution is 9.10. The average molecular weight is 342 g/mol. The van der Waals surface area contributed by atoms with E-state index in [1.165, 1.54) is 0 Å². The molecule has 0 fully saturated rings. The molecule has 0 heterocycles. The first kappa shape index (κ1) is 16.7. The molecule has 0 aliphatic rings. The molecule has 20 heavy (non-hydrogen) atoms. The van der Waals surface area contributed by atoms with Crippen LogP contribution in [0.4, 0.5) is 0 Å². The molecule has 1 atom stereocenters. The van der Waals surface area contributed by atoms with E-state index in [-0.39, 0.29) is 12.3 Å². The normalized spacial score (nSPS) is 12.8. The molecular weight excluding hydrogens is 322 g/mol. The van der Waals surface area contributed by atoms with E-state index in [1.54, 1.807) is 20.8 Å². The predicted molar refractivity (Wildman–Crippen MR) is 81.5 cm³/mol. The standard InChI is InChI=1S/C15H20BrNO3/c1-15(2,3)13(14(19)20)17-12(18)8-7-10-5-4-6-11(16)9-10/h4-6,9,13H,7-8H2,1-3H3,(H,17,18)(H,19,20)/t13-/m1/s1. The van der Waals surface area contributed by atoms with Gasteiger partial charge in [0.1, 0.15) is 6.04 Å². The van der Waals surface area contributed by atoms with Crippen LogP contribution in [0.1, 0.15) is 32.8 Å². The van der Waals surface area contributed by atoms with E-state index in [9.17, 15) is 9.59 Å². The summed E-state index contributed by atoms with van der Waals surface area (Å²) in [6, 6.07) is 6.84. The molecule has 1 aromatic carbocycles. The highest BCUT2D eigenvalue weighted by Crippen LogP contribution is 2.19. The van der Waals surface area contributed by atoms with Gasteiger partial charge in [-0.2, -0.15) is 0 Å². The number of rotatable bonds is 5. The molecule has 0 unspecified atom stereocenters. The molecule has 1 amide bonds. The van der Waals surface area contributed by atoms with Gasteiger partial charge in [0.2, 0.25) is 5.91 Å². The van der Waals surface area contributed by atoms with Crippen molar-refractivity contribution >= 4 is 27.8 Å². The summed E-state index contributed by atoms with van der Waals surface area (Å²) in [6.07, 6.45) is 0.859. The lowest BCUT2D eigenvalue weighted by molar-refractivity contribution is -0.144. The summed E-state index contributed by atoms with van der Waals surface area (Å²) < 4.78 is 0.966. The van der Waals surface area contributed by atoms with Gasteiger partial charge in [0.25, 0.3) is 0 Å². The summed E-state index contributed by atoms with van der Waals surface area (Å²) in [5.41, 5.74) is 0.522. The first-order chi connectivity index (χ1) is 9.20. The fraction of sp³-hybridized carbons (Fsp3) is 0.467. The zero-order valence-electron chi connectivity index (χ0n) is 11.9. The van der Waals surface area contributed by atoms with Crippen LogP contribution in [-0.2, 0) is 16.0 Å². The van der Waals surface area contributed by atoms with Crippen molar-refractivity contribution in [3.63, 3.8) is 0 Å². The smallest absolute Gasteiger partial charge is 0.326 e. The monoisotopic (exact) mass is 341 g/mol. The Morgan fingerprint density at radius 1 is 1.35 bits per heavy atom. The Kier molecular flexibility index (Phi) is 5.74. The zero-order chi connectivity index (χ0) is 15.3. The summed E-state index contributed by atoms with van der Waals surface area (Å²) in [6.45, 7) is 5.38. The van der Waals surface area contributed by atoms with Crippen molar-refractivity contribution in [2.75, 3.05) is 0 Å². The van der Waals surface area contributed by atoms with Crippen LogP contribution < -0.4 is 5.32 Å². The molecule has 0 spiro atoms.